The van der Waals surface area contributed by atoms with Crippen LogP contribution in [0.4, 0.5) is 4.39 Å². The summed E-state index contributed by atoms with van der Waals surface area (Å²) in [4.78, 5) is 2.48. The zero-order valence-electron chi connectivity index (χ0n) is 14.6. The molecule has 2 atom stereocenters. The summed E-state index contributed by atoms with van der Waals surface area (Å²) in [5.74, 6) is 1.23. The topological polar surface area (TPSA) is 3.24 Å². The van der Waals surface area contributed by atoms with Gasteiger partial charge >= 0.3 is 0 Å². The molecule has 0 spiro atoms. The van der Waals surface area contributed by atoms with Crippen LogP contribution in [0, 0.1) is 11.7 Å². The average Bonchev–Trinajstić information content (AvgIpc) is 2.62. The largest absolute Gasteiger partial charge is 0.306 e. The summed E-state index contributed by atoms with van der Waals surface area (Å²) >= 11 is 0. The first-order chi connectivity index (χ1) is 11.7. The van der Waals surface area contributed by atoms with Crippen LogP contribution in [0.15, 0.2) is 54.6 Å². The number of hydrogen-bond donors (Lipinski definition) is 0. The maximum atomic E-state index is 13.1. The van der Waals surface area contributed by atoms with Crippen LogP contribution in [-0.4, -0.2) is 25.0 Å². The van der Waals surface area contributed by atoms with Crippen LogP contribution in [-0.2, 0) is 6.42 Å². The second kappa shape index (κ2) is 8.43. The van der Waals surface area contributed by atoms with Crippen molar-refractivity contribution in [1.29, 1.82) is 0 Å². The molecule has 2 aromatic rings. The van der Waals surface area contributed by atoms with E-state index in [-0.39, 0.29) is 5.82 Å². The van der Waals surface area contributed by atoms with E-state index in [4.69, 9.17) is 0 Å². The molecule has 1 aliphatic rings. The molecule has 0 unspecified atom stereocenters. The van der Waals surface area contributed by atoms with Gasteiger partial charge in [-0.25, -0.2) is 4.39 Å². The minimum atomic E-state index is -0.133. The Balaban J connectivity index is 1.48. The van der Waals surface area contributed by atoms with Crippen LogP contribution in [0.2, 0.25) is 0 Å². The monoisotopic (exact) mass is 325 g/mol. The first-order valence-corrected chi connectivity index (χ1v) is 9.18. The molecule has 2 aromatic carbocycles. The van der Waals surface area contributed by atoms with Gasteiger partial charge in [0.2, 0.25) is 0 Å². The summed E-state index contributed by atoms with van der Waals surface area (Å²) in [7, 11) is 2.24. The molecule has 24 heavy (non-hydrogen) atoms. The van der Waals surface area contributed by atoms with Gasteiger partial charge in [0.1, 0.15) is 5.82 Å². The van der Waals surface area contributed by atoms with Gasteiger partial charge in [-0.1, -0.05) is 48.9 Å². The lowest BCUT2D eigenvalue weighted by atomic mass is 9.78. The maximum absolute atomic E-state index is 13.1. The molecule has 3 rings (SSSR count). The van der Waals surface area contributed by atoms with Crippen molar-refractivity contribution in [2.75, 3.05) is 20.1 Å². The minimum Gasteiger partial charge on any atom is -0.306 e. The lowest BCUT2D eigenvalue weighted by Crippen LogP contribution is -2.30. The third-order valence-electron chi connectivity index (χ3n) is 5.32. The molecule has 0 radical (unpaired) electrons. The molecule has 0 N–H and O–H groups in total. The van der Waals surface area contributed by atoms with Crippen molar-refractivity contribution >= 4 is 0 Å². The van der Waals surface area contributed by atoms with E-state index in [2.05, 4.69) is 42.3 Å². The Kier molecular flexibility index (Phi) is 6.03. The molecule has 2 heteroatoms. The van der Waals surface area contributed by atoms with Gasteiger partial charge < -0.3 is 4.90 Å². The highest BCUT2D eigenvalue weighted by molar-refractivity contribution is 5.21. The molecular weight excluding hydrogens is 297 g/mol. The fourth-order valence-electron chi connectivity index (χ4n) is 3.99. The number of halogens is 1. The summed E-state index contributed by atoms with van der Waals surface area (Å²) in [6.07, 6.45) is 6.22. The summed E-state index contributed by atoms with van der Waals surface area (Å²) < 4.78 is 13.1. The van der Waals surface area contributed by atoms with E-state index < -0.39 is 0 Å². The van der Waals surface area contributed by atoms with Gasteiger partial charge in [0.15, 0.2) is 0 Å². The maximum Gasteiger partial charge on any atom is 0.123 e. The average molecular weight is 325 g/mol. The van der Waals surface area contributed by atoms with Crippen molar-refractivity contribution in [3.63, 3.8) is 0 Å². The summed E-state index contributed by atoms with van der Waals surface area (Å²) in [6, 6.07) is 17.9. The third kappa shape index (κ3) is 4.91. The van der Waals surface area contributed by atoms with Crippen LogP contribution in [0.5, 0.6) is 0 Å². The summed E-state index contributed by atoms with van der Waals surface area (Å²) in [6.45, 7) is 2.28. The number of likely N-dealkylation sites (N-methyl/N-ethyl adjacent to an activating group) is 1. The Bertz CT molecular complexity index is 608. The van der Waals surface area contributed by atoms with E-state index in [0.29, 0.717) is 5.92 Å². The van der Waals surface area contributed by atoms with Gasteiger partial charge in [-0.2, -0.15) is 0 Å². The number of rotatable bonds is 6. The van der Waals surface area contributed by atoms with Crippen LogP contribution < -0.4 is 0 Å². The Morgan fingerprint density at radius 1 is 1.00 bits per heavy atom. The van der Waals surface area contributed by atoms with Crippen molar-refractivity contribution in [3.8, 4) is 0 Å². The number of nitrogens with zero attached hydrogens (tertiary/aromatic N) is 1. The lowest BCUT2D eigenvalue weighted by molar-refractivity contribution is 0.222. The second-order valence-corrected chi connectivity index (χ2v) is 7.28. The van der Waals surface area contributed by atoms with E-state index in [1.54, 1.807) is 12.1 Å². The molecule has 0 heterocycles. The number of hydrogen-bond acceptors (Lipinski definition) is 1. The van der Waals surface area contributed by atoms with Crippen molar-refractivity contribution in [1.82, 2.24) is 4.90 Å². The van der Waals surface area contributed by atoms with Gasteiger partial charge in [0, 0.05) is 13.1 Å². The normalized spacial score (nSPS) is 21.1. The zero-order valence-corrected chi connectivity index (χ0v) is 14.6. The van der Waals surface area contributed by atoms with Crippen LogP contribution >= 0.6 is 0 Å². The molecule has 128 valence electrons. The Labute approximate surface area is 145 Å². The zero-order chi connectivity index (χ0) is 16.8. The fraction of sp³-hybridized carbons (Fsp3) is 0.455. The van der Waals surface area contributed by atoms with E-state index in [9.17, 15) is 4.39 Å². The second-order valence-electron chi connectivity index (χ2n) is 7.28. The highest BCUT2D eigenvalue weighted by Gasteiger charge is 2.24. The molecular formula is C22H28FN. The van der Waals surface area contributed by atoms with Crippen molar-refractivity contribution in [3.05, 3.63) is 71.5 Å². The van der Waals surface area contributed by atoms with Gasteiger partial charge in [0.25, 0.3) is 0 Å². The molecule has 1 fully saturated rings. The molecule has 1 aliphatic carbocycles. The van der Waals surface area contributed by atoms with Gasteiger partial charge in [-0.05, 0) is 67.8 Å². The molecule has 1 nitrogen and oxygen atoms in total. The minimum absolute atomic E-state index is 0.133. The van der Waals surface area contributed by atoms with Crippen LogP contribution in [0.25, 0.3) is 0 Å². The van der Waals surface area contributed by atoms with E-state index in [1.807, 2.05) is 12.1 Å². The molecule has 0 amide bonds. The van der Waals surface area contributed by atoms with Crippen LogP contribution in [0.3, 0.4) is 0 Å². The van der Waals surface area contributed by atoms with Gasteiger partial charge in [-0.15, -0.1) is 0 Å². The first kappa shape index (κ1) is 17.2. The van der Waals surface area contributed by atoms with Crippen molar-refractivity contribution in [2.45, 2.75) is 38.0 Å². The van der Waals surface area contributed by atoms with Crippen molar-refractivity contribution in [2.24, 2.45) is 5.92 Å². The molecule has 0 aromatic heterocycles. The predicted octanol–water partition coefficient (Wildman–Crippen LogP) is 5.27. The van der Waals surface area contributed by atoms with Crippen LogP contribution in [0.1, 0.15) is 42.7 Å². The van der Waals surface area contributed by atoms with Gasteiger partial charge in [-0.3, -0.25) is 0 Å². The standard InChI is InChI=1S/C22H28FN/c1-24(15-14-18-6-3-2-4-7-18)17-19-8-5-9-21(16-19)20-10-12-22(23)13-11-20/h2-4,6-7,10-13,19,21H,5,8-9,14-17H2,1H3/t19-,21-/m1/s1. The molecule has 0 bridgehead atoms. The van der Waals surface area contributed by atoms with Gasteiger partial charge in [0.05, 0.1) is 0 Å². The fourth-order valence-corrected chi connectivity index (χ4v) is 3.99. The Morgan fingerprint density at radius 2 is 1.75 bits per heavy atom. The highest BCUT2D eigenvalue weighted by atomic mass is 19.1. The van der Waals surface area contributed by atoms with E-state index >= 15 is 0 Å². The Morgan fingerprint density at radius 3 is 2.50 bits per heavy atom. The molecule has 1 saturated carbocycles. The first-order valence-electron chi connectivity index (χ1n) is 9.18. The highest BCUT2D eigenvalue weighted by Crippen LogP contribution is 2.36. The van der Waals surface area contributed by atoms with E-state index in [0.717, 1.165) is 18.9 Å². The smallest absolute Gasteiger partial charge is 0.123 e. The molecule has 0 saturated heterocycles. The summed E-state index contributed by atoms with van der Waals surface area (Å²) in [5, 5.41) is 0. The summed E-state index contributed by atoms with van der Waals surface area (Å²) in [5.41, 5.74) is 2.73. The molecule has 0 aliphatic heterocycles. The number of benzene rings is 2. The quantitative estimate of drug-likeness (QED) is 0.699. The van der Waals surface area contributed by atoms with Crippen molar-refractivity contribution < 1.29 is 4.39 Å². The predicted molar refractivity (Wildman–Crippen MR) is 98.7 cm³/mol. The third-order valence-corrected chi connectivity index (χ3v) is 5.32. The SMILES string of the molecule is CN(CCc1ccccc1)C[C@@H]1CCC[C@@H](c2ccc(F)cc2)C1. The lowest BCUT2D eigenvalue weighted by Gasteiger charge is -2.32. The Hall–Kier alpha value is -1.67. The van der Waals surface area contributed by atoms with E-state index in [1.165, 1.54) is 43.4 Å².